The minimum atomic E-state index is -0.923. The highest BCUT2D eigenvalue weighted by atomic mass is 35.5. The third-order valence-corrected chi connectivity index (χ3v) is 3.46. The van der Waals surface area contributed by atoms with Crippen LogP contribution in [0.3, 0.4) is 0 Å². The Balaban J connectivity index is 2.02. The molecule has 0 aromatic heterocycles. The normalized spacial score (nSPS) is 21.5. The molecule has 2 rings (SSSR count). The molecule has 17 heavy (non-hydrogen) atoms. The van der Waals surface area contributed by atoms with Crippen molar-refractivity contribution in [2.45, 2.75) is 12.5 Å². The van der Waals surface area contributed by atoms with Crippen molar-refractivity contribution in [1.29, 1.82) is 0 Å². The van der Waals surface area contributed by atoms with Crippen molar-refractivity contribution in [3.05, 3.63) is 29.3 Å². The first-order valence-electron chi connectivity index (χ1n) is 5.57. The number of carboxylic acids is 1. The van der Waals surface area contributed by atoms with Crippen LogP contribution in [0.25, 0.3) is 0 Å². The molecule has 2 atom stereocenters. The van der Waals surface area contributed by atoms with Gasteiger partial charge in [0.05, 0.1) is 0 Å². The van der Waals surface area contributed by atoms with Crippen molar-refractivity contribution < 1.29 is 9.90 Å². The lowest BCUT2D eigenvalue weighted by molar-refractivity contribution is -0.139. The highest BCUT2D eigenvalue weighted by Gasteiger charge is 2.31. The third-order valence-electron chi connectivity index (χ3n) is 3.21. The van der Waals surface area contributed by atoms with Crippen LogP contribution in [-0.4, -0.2) is 30.2 Å². The van der Waals surface area contributed by atoms with Gasteiger partial charge in [0.1, 0.15) is 6.04 Å². The van der Waals surface area contributed by atoms with Gasteiger partial charge < -0.3 is 15.7 Å². The fourth-order valence-electron chi connectivity index (χ4n) is 2.17. The average molecular weight is 255 g/mol. The van der Waals surface area contributed by atoms with Crippen LogP contribution in [0.1, 0.15) is 6.42 Å². The number of halogens is 1. The van der Waals surface area contributed by atoms with E-state index in [0.29, 0.717) is 11.6 Å². The highest BCUT2D eigenvalue weighted by Crippen LogP contribution is 2.26. The van der Waals surface area contributed by atoms with E-state index in [4.69, 9.17) is 22.4 Å². The molecule has 1 aromatic carbocycles. The smallest absolute Gasteiger partial charge is 0.320 e. The first kappa shape index (κ1) is 12.2. The van der Waals surface area contributed by atoms with Crippen molar-refractivity contribution in [3.8, 4) is 0 Å². The minimum Gasteiger partial charge on any atom is -0.480 e. The van der Waals surface area contributed by atoms with Crippen molar-refractivity contribution in [2.75, 3.05) is 18.0 Å². The van der Waals surface area contributed by atoms with Gasteiger partial charge in [-0.3, -0.25) is 4.79 Å². The van der Waals surface area contributed by atoms with Crippen LogP contribution in [0, 0.1) is 5.92 Å². The average Bonchev–Trinajstić information content (AvgIpc) is 2.78. The van der Waals surface area contributed by atoms with E-state index in [1.807, 2.05) is 24.3 Å². The first-order chi connectivity index (χ1) is 8.08. The van der Waals surface area contributed by atoms with E-state index in [0.717, 1.165) is 18.7 Å². The number of benzene rings is 1. The Kier molecular flexibility index (Phi) is 3.54. The standard InChI is InChI=1S/C12H15ClN2O2/c13-9-1-3-10(4-2-9)15-6-5-8(7-15)11(14)12(16)17/h1-4,8,11H,5-7,14H2,(H,16,17). The molecule has 0 spiro atoms. The summed E-state index contributed by atoms with van der Waals surface area (Å²) in [6.45, 7) is 1.53. The van der Waals surface area contributed by atoms with Gasteiger partial charge >= 0.3 is 5.97 Å². The predicted octanol–water partition coefficient (Wildman–Crippen LogP) is 1.58. The second-order valence-corrected chi connectivity index (χ2v) is 4.77. The molecule has 0 amide bonds. The summed E-state index contributed by atoms with van der Waals surface area (Å²) in [5.74, 6) is -0.906. The van der Waals surface area contributed by atoms with E-state index < -0.39 is 12.0 Å². The number of rotatable bonds is 3. The van der Waals surface area contributed by atoms with Crippen molar-refractivity contribution in [3.63, 3.8) is 0 Å². The molecule has 2 unspecified atom stereocenters. The fraction of sp³-hybridized carbons (Fsp3) is 0.417. The molecule has 1 aromatic rings. The number of anilines is 1. The van der Waals surface area contributed by atoms with Gasteiger partial charge in [-0.15, -0.1) is 0 Å². The molecule has 4 nitrogen and oxygen atoms in total. The molecule has 1 heterocycles. The molecule has 1 fully saturated rings. The van der Waals surface area contributed by atoms with Crippen LogP contribution in [0.4, 0.5) is 5.69 Å². The molecule has 0 aliphatic carbocycles. The lowest BCUT2D eigenvalue weighted by atomic mass is 10.0. The van der Waals surface area contributed by atoms with E-state index in [2.05, 4.69) is 4.90 Å². The fourth-order valence-corrected chi connectivity index (χ4v) is 2.29. The lowest BCUT2D eigenvalue weighted by Crippen LogP contribution is -2.39. The van der Waals surface area contributed by atoms with Crippen molar-refractivity contribution in [1.82, 2.24) is 0 Å². The molecule has 5 heteroatoms. The molecule has 1 saturated heterocycles. The van der Waals surface area contributed by atoms with Crippen molar-refractivity contribution >= 4 is 23.3 Å². The zero-order chi connectivity index (χ0) is 12.4. The van der Waals surface area contributed by atoms with E-state index in [1.165, 1.54) is 0 Å². The largest absolute Gasteiger partial charge is 0.480 e. The number of hydrogen-bond donors (Lipinski definition) is 2. The van der Waals surface area contributed by atoms with Crippen LogP contribution in [-0.2, 0) is 4.79 Å². The van der Waals surface area contributed by atoms with Gasteiger partial charge in [0.25, 0.3) is 0 Å². The van der Waals surface area contributed by atoms with Crippen molar-refractivity contribution in [2.24, 2.45) is 11.7 Å². The Morgan fingerprint density at radius 1 is 1.47 bits per heavy atom. The molecule has 0 saturated carbocycles. The highest BCUT2D eigenvalue weighted by molar-refractivity contribution is 6.30. The predicted molar refractivity (Wildman–Crippen MR) is 67.4 cm³/mol. The molecular weight excluding hydrogens is 240 g/mol. The zero-order valence-corrected chi connectivity index (χ0v) is 10.1. The summed E-state index contributed by atoms with van der Waals surface area (Å²) < 4.78 is 0. The SMILES string of the molecule is NC(C(=O)O)C1CCN(c2ccc(Cl)cc2)C1. The monoisotopic (exact) mass is 254 g/mol. The number of nitrogens with two attached hydrogens (primary N) is 1. The summed E-state index contributed by atoms with van der Waals surface area (Å²) in [7, 11) is 0. The maximum atomic E-state index is 10.8. The van der Waals surface area contributed by atoms with Gasteiger partial charge in [0.15, 0.2) is 0 Å². The Morgan fingerprint density at radius 3 is 2.71 bits per heavy atom. The van der Waals surface area contributed by atoms with Gasteiger partial charge in [0.2, 0.25) is 0 Å². The summed E-state index contributed by atoms with van der Waals surface area (Å²) in [5, 5.41) is 9.58. The molecular formula is C12H15ClN2O2. The number of nitrogens with zero attached hydrogens (tertiary/aromatic N) is 1. The molecule has 92 valence electrons. The summed E-state index contributed by atoms with van der Waals surface area (Å²) in [5.41, 5.74) is 6.70. The maximum absolute atomic E-state index is 10.8. The van der Waals surface area contributed by atoms with Crippen LogP contribution in [0.2, 0.25) is 5.02 Å². The molecule has 0 bridgehead atoms. The second-order valence-electron chi connectivity index (χ2n) is 4.34. The van der Waals surface area contributed by atoms with E-state index in [-0.39, 0.29) is 5.92 Å². The Morgan fingerprint density at radius 2 is 2.12 bits per heavy atom. The van der Waals surface area contributed by atoms with Gasteiger partial charge in [-0.1, -0.05) is 11.6 Å². The van der Waals surface area contributed by atoms with Crippen LogP contribution >= 0.6 is 11.6 Å². The molecule has 1 aliphatic rings. The minimum absolute atomic E-state index is 0.0168. The third kappa shape index (κ3) is 2.70. The summed E-state index contributed by atoms with van der Waals surface area (Å²) in [6.07, 6.45) is 0.816. The lowest BCUT2D eigenvalue weighted by Gasteiger charge is -2.20. The van der Waals surface area contributed by atoms with Crippen LogP contribution in [0.5, 0.6) is 0 Å². The molecule has 0 radical (unpaired) electrons. The summed E-state index contributed by atoms with van der Waals surface area (Å²) >= 11 is 5.82. The van der Waals surface area contributed by atoms with E-state index >= 15 is 0 Å². The molecule has 1 aliphatic heterocycles. The number of hydrogen-bond acceptors (Lipinski definition) is 3. The summed E-state index contributed by atoms with van der Waals surface area (Å²) in [4.78, 5) is 13.0. The Bertz CT molecular complexity index is 407. The first-order valence-corrected chi connectivity index (χ1v) is 5.94. The summed E-state index contributed by atoms with van der Waals surface area (Å²) in [6, 6.07) is 6.78. The van der Waals surface area contributed by atoms with Crippen LogP contribution < -0.4 is 10.6 Å². The zero-order valence-electron chi connectivity index (χ0n) is 9.34. The van der Waals surface area contributed by atoms with Gasteiger partial charge in [-0.2, -0.15) is 0 Å². The topological polar surface area (TPSA) is 66.6 Å². The maximum Gasteiger partial charge on any atom is 0.320 e. The van der Waals surface area contributed by atoms with Crippen LogP contribution in [0.15, 0.2) is 24.3 Å². The quantitative estimate of drug-likeness (QED) is 0.860. The molecule has 3 N–H and O–H groups in total. The number of aliphatic carboxylic acids is 1. The Labute approximate surface area is 105 Å². The second kappa shape index (κ2) is 4.94. The number of carboxylic acid groups (broad SMARTS) is 1. The van der Waals surface area contributed by atoms with Gasteiger partial charge in [0, 0.05) is 29.7 Å². The van der Waals surface area contributed by atoms with E-state index in [9.17, 15) is 4.79 Å². The Hall–Kier alpha value is -1.26. The van der Waals surface area contributed by atoms with Gasteiger partial charge in [-0.05, 0) is 30.7 Å². The van der Waals surface area contributed by atoms with E-state index in [1.54, 1.807) is 0 Å². The van der Waals surface area contributed by atoms with Gasteiger partial charge in [-0.25, -0.2) is 0 Å². The number of carbonyl (C=O) groups is 1.